The number of hydrogen-bond donors (Lipinski definition) is 4. The average molecular weight is 456 g/mol. The number of anilines is 1. The molecule has 0 radical (unpaired) electrons. The van der Waals surface area contributed by atoms with E-state index in [1.165, 1.54) is 23.9 Å². The Morgan fingerprint density at radius 1 is 1.16 bits per heavy atom. The number of carbonyl (C=O) groups is 2. The predicted octanol–water partition coefficient (Wildman–Crippen LogP) is 4.06. The minimum Gasteiger partial charge on any atom is -0.505 e. The van der Waals surface area contributed by atoms with Gasteiger partial charge in [0, 0.05) is 18.3 Å². The molecule has 9 heteroatoms. The van der Waals surface area contributed by atoms with Gasteiger partial charge in [0.05, 0.1) is 12.5 Å². The van der Waals surface area contributed by atoms with Crippen molar-refractivity contribution >= 4 is 29.3 Å². The van der Waals surface area contributed by atoms with E-state index in [2.05, 4.69) is 10.6 Å². The number of carboxylic acid groups (broad SMARTS) is 1. The number of aliphatic carboxylic acids is 1. The molecule has 0 aliphatic rings. The van der Waals surface area contributed by atoms with Gasteiger partial charge in [-0.05, 0) is 53.4 Å². The lowest BCUT2D eigenvalue weighted by Crippen LogP contribution is -2.36. The van der Waals surface area contributed by atoms with Crippen molar-refractivity contribution in [2.75, 3.05) is 5.32 Å². The minimum atomic E-state index is -1.11. The fraction of sp³-hybridized carbons (Fsp3) is 0.174. The van der Waals surface area contributed by atoms with Gasteiger partial charge in [0.2, 0.25) is 0 Å². The number of carboxylic acids is 1. The van der Waals surface area contributed by atoms with Crippen LogP contribution < -0.4 is 16.2 Å². The molecule has 3 aromatic rings. The van der Waals surface area contributed by atoms with Gasteiger partial charge in [-0.25, -0.2) is 4.79 Å². The summed E-state index contributed by atoms with van der Waals surface area (Å²) < 4.78 is 1.20. The number of hydrogen-bond acceptors (Lipinski definition) is 4. The highest BCUT2D eigenvalue weighted by atomic mass is 35.5. The second-order valence-electron chi connectivity index (χ2n) is 7.33. The maximum absolute atomic E-state index is 12.6. The minimum absolute atomic E-state index is 0.301. The molecule has 3 rings (SSSR count). The highest BCUT2D eigenvalue weighted by Gasteiger charge is 2.21. The summed E-state index contributed by atoms with van der Waals surface area (Å²) in [6, 6.07) is 12.2. The van der Waals surface area contributed by atoms with Crippen molar-refractivity contribution < 1.29 is 19.8 Å². The second kappa shape index (κ2) is 9.57. The van der Waals surface area contributed by atoms with E-state index >= 15 is 0 Å². The number of nitrogens with one attached hydrogen (secondary N) is 2. The number of halogens is 1. The molecule has 0 bridgehead atoms. The Labute approximate surface area is 189 Å². The van der Waals surface area contributed by atoms with Gasteiger partial charge in [-0.2, -0.15) is 0 Å². The smallest absolute Gasteiger partial charge is 0.319 e. The van der Waals surface area contributed by atoms with E-state index in [0.29, 0.717) is 10.6 Å². The number of urea groups is 1. The molecular formula is C23H22ClN3O5. The van der Waals surface area contributed by atoms with Crippen molar-refractivity contribution in [3.8, 4) is 16.9 Å². The maximum atomic E-state index is 12.6. The SMILES string of the molecule is Cc1ccc(C(CC(=O)O)NC(=O)Nc2c(O)ccn(C)c2=O)cc1-c1cccc(Cl)c1. The van der Waals surface area contributed by atoms with Gasteiger partial charge in [0.25, 0.3) is 5.56 Å². The number of rotatable bonds is 6. The standard InChI is InChI=1S/C23H22ClN3O5/c1-13-6-7-15(11-17(13)14-4-3-5-16(24)10-14)18(12-20(29)30)25-23(32)26-21-19(28)8-9-27(2)22(21)31/h3-11,18,28H,12H2,1-2H3,(H,29,30)(H2,25,26,32). The lowest BCUT2D eigenvalue weighted by Gasteiger charge is -2.20. The zero-order valence-corrected chi connectivity index (χ0v) is 18.2. The molecule has 0 aliphatic heterocycles. The fourth-order valence-corrected chi connectivity index (χ4v) is 3.49. The van der Waals surface area contributed by atoms with Crippen LogP contribution in [0.25, 0.3) is 11.1 Å². The molecule has 1 heterocycles. The van der Waals surface area contributed by atoms with Gasteiger partial charge in [-0.1, -0.05) is 35.9 Å². The van der Waals surface area contributed by atoms with E-state index in [9.17, 15) is 24.6 Å². The molecule has 4 N–H and O–H groups in total. The van der Waals surface area contributed by atoms with Crippen LogP contribution >= 0.6 is 11.6 Å². The molecule has 166 valence electrons. The number of aromatic hydroxyl groups is 1. The van der Waals surface area contributed by atoms with E-state index < -0.39 is 29.4 Å². The summed E-state index contributed by atoms with van der Waals surface area (Å²) >= 11 is 6.11. The molecular weight excluding hydrogens is 434 g/mol. The lowest BCUT2D eigenvalue weighted by atomic mass is 9.94. The molecule has 32 heavy (non-hydrogen) atoms. The monoisotopic (exact) mass is 455 g/mol. The first-order valence-electron chi connectivity index (χ1n) is 9.70. The molecule has 0 spiro atoms. The molecule has 0 aliphatic carbocycles. The first-order valence-corrected chi connectivity index (χ1v) is 10.1. The quantitative estimate of drug-likeness (QED) is 0.446. The highest BCUT2D eigenvalue weighted by Crippen LogP contribution is 2.30. The van der Waals surface area contributed by atoms with Crippen LogP contribution in [-0.2, 0) is 11.8 Å². The predicted molar refractivity (Wildman–Crippen MR) is 122 cm³/mol. The van der Waals surface area contributed by atoms with Crippen LogP contribution in [0.5, 0.6) is 5.75 Å². The maximum Gasteiger partial charge on any atom is 0.319 e. The zero-order chi connectivity index (χ0) is 23.4. The van der Waals surface area contributed by atoms with Gasteiger partial charge in [0.1, 0.15) is 5.75 Å². The third kappa shape index (κ3) is 5.28. The van der Waals surface area contributed by atoms with E-state index in [1.807, 2.05) is 25.1 Å². The van der Waals surface area contributed by atoms with Crippen LogP contribution in [0.15, 0.2) is 59.5 Å². The first-order chi connectivity index (χ1) is 15.2. The highest BCUT2D eigenvalue weighted by molar-refractivity contribution is 6.30. The summed E-state index contributed by atoms with van der Waals surface area (Å²) in [5.41, 5.74) is 2.31. The van der Waals surface area contributed by atoms with Crippen LogP contribution in [0.4, 0.5) is 10.5 Å². The summed E-state index contributed by atoms with van der Waals surface area (Å²) in [4.78, 5) is 36.2. The number of carbonyl (C=O) groups excluding carboxylic acids is 1. The van der Waals surface area contributed by atoms with Crippen LogP contribution in [-0.4, -0.2) is 26.8 Å². The second-order valence-corrected chi connectivity index (χ2v) is 7.76. The van der Waals surface area contributed by atoms with E-state index in [1.54, 1.807) is 24.3 Å². The third-order valence-corrected chi connectivity index (χ3v) is 5.20. The molecule has 8 nitrogen and oxygen atoms in total. The number of aromatic nitrogens is 1. The van der Waals surface area contributed by atoms with Crippen molar-refractivity contribution in [3.63, 3.8) is 0 Å². The van der Waals surface area contributed by atoms with E-state index in [-0.39, 0.29) is 12.1 Å². The number of amides is 2. The Hall–Kier alpha value is -3.78. The van der Waals surface area contributed by atoms with Crippen LogP contribution in [0.1, 0.15) is 23.6 Å². The van der Waals surface area contributed by atoms with E-state index in [0.717, 1.165) is 16.7 Å². The molecule has 2 aromatic carbocycles. The number of nitrogens with zero attached hydrogens (tertiary/aromatic N) is 1. The number of benzene rings is 2. The van der Waals surface area contributed by atoms with Gasteiger partial charge >= 0.3 is 12.0 Å². The normalized spacial score (nSPS) is 11.6. The van der Waals surface area contributed by atoms with Crippen molar-refractivity contribution in [1.29, 1.82) is 0 Å². The Morgan fingerprint density at radius 2 is 1.91 bits per heavy atom. The molecule has 2 amide bonds. The van der Waals surface area contributed by atoms with Gasteiger partial charge in [-0.15, -0.1) is 0 Å². The fourth-order valence-electron chi connectivity index (χ4n) is 3.29. The molecule has 1 unspecified atom stereocenters. The summed E-state index contributed by atoms with van der Waals surface area (Å²) in [6.07, 6.45) is 0.974. The van der Waals surface area contributed by atoms with Crippen molar-refractivity contribution in [2.45, 2.75) is 19.4 Å². The van der Waals surface area contributed by atoms with Crippen LogP contribution in [0.2, 0.25) is 5.02 Å². The van der Waals surface area contributed by atoms with Gasteiger partial charge < -0.3 is 25.4 Å². The van der Waals surface area contributed by atoms with Gasteiger partial charge in [-0.3, -0.25) is 9.59 Å². The first kappa shape index (κ1) is 22.9. The number of aryl methyl sites for hydroxylation is 2. The van der Waals surface area contributed by atoms with Crippen molar-refractivity contribution in [2.24, 2.45) is 7.05 Å². The lowest BCUT2D eigenvalue weighted by molar-refractivity contribution is -0.137. The Morgan fingerprint density at radius 3 is 2.59 bits per heavy atom. The number of pyridine rings is 1. The van der Waals surface area contributed by atoms with Crippen LogP contribution in [0, 0.1) is 6.92 Å². The van der Waals surface area contributed by atoms with Crippen LogP contribution in [0.3, 0.4) is 0 Å². The third-order valence-electron chi connectivity index (χ3n) is 4.97. The Balaban J connectivity index is 1.91. The Bertz CT molecular complexity index is 1240. The largest absolute Gasteiger partial charge is 0.505 e. The zero-order valence-electron chi connectivity index (χ0n) is 17.4. The summed E-state index contributed by atoms with van der Waals surface area (Å²) in [7, 11) is 1.47. The van der Waals surface area contributed by atoms with E-state index in [4.69, 9.17) is 11.6 Å². The molecule has 1 aromatic heterocycles. The van der Waals surface area contributed by atoms with Crippen molar-refractivity contribution in [3.05, 3.63) is 81.2 Å². The summed E-state index contributed by atoms with van der Waals surface area (Å²) in [6.45, 7) is 1.92. The van der Waals surface area contributed by atoms with Gasteiger partial charge in [0.15, 0.2) is 5.69 Å². The summed E-state index contributed by atoms with van der Waals surface area (Å²) in [5.74, 6) is -1.50. The molecule has 0 fully saturated rings. The topological polar surface area (TPSA) is 121 Å². The molecule has 0 saturated heterocycles. The molecule has 0 saturated carbocycles. The molecule has 1 atom stereocenters. The van der Waals surface area contributed by atoms with Crippen molar-refractivity contribution in [1.82, 2.24) is 9.88 Å². The Kier molecular flexibility index (Phi) is 6.85. The summed E-state index contributed by atoms with van der Waals surface area (Å²) in [5, 5.41) is 24.7. The average Bonchev–Trinajstić information content (AvgIpc) is 2.73.